The minimum absolute atomic E-state index is 0.405. The molecule has 1 saturated heterocycles. The van der Waals surface area contributed by atoms with Crippen LogP contribution in [0.3, 0.4) is 0 Å². The van der Waals surface area contributed by atoms with E-state index in [4.69, 9.17) is 4.74 Å². The summed E-state index contributed by atoms with van der Waals surface area (Å²) in [7, 11) is 0. The molecule has 82 valence electrons. The van der Waals surface area contributed by atoms with Crippen LogP contribution in [0.5, 0.6) is 0 Å². The Balaban J connectivity index is 2.13. The van der Waals surface area contributed by atoms with E-state index >= 15 is 0 Å². The number of morpholine rings is 1. The summed E-state index contributed by atoms with van der Waals surface area (Å²) >= 11 is 0. The van der Waals surface area contributed by atoms with E-state index in [2.05, 4.69) is 23.7 Å². The van der Waals surface area contributed by atoms with Crippen LogP contribution < -0.4 is 5.32 Å². The molecule has 0 aromatic heterocycles. The van der Waals surface area contributed by atoms with E-state index < -0.39 is 0 Å². The molecule has 1 rings (SSSR count). The summed E-state index contributed by atoms with van der Waals surface area (Å²) < 4.78 is 5.64. The third-order valence-electron chi connectivity index (χ3n) is 2.61. The number of nitrogens with one attached hydrogen (secondary N) is 1. The highest BCUT2D eigenvalue weighted by Crippen LogP contribution is 2.03. The van der Waals surface area contributed by atoms with Gasteiger partial charge in [0.15, 0.2) is 0 Å². The van der Waals surface area contributed by atoms with Crippen molar-refractivity contribution in [3.05, 3.63) is 12.7 Å². The molecule has 1 aliphatic heterocycles. The zero-order chi connectivity index (χ0) is 10.2. The minimum Gasteiger partial charge on any atom is -0.376 e. The Labute approximate surface area is 87.1 Å². The maximum absolute atomic E-state index is 5.64. The highest BCUT2D eigenvalue weighted by atomic mass is 16.5. The standard InChI is InChI=1S/C11H22N2O/c1-3-7-13(4-2)8-5-11-10-12-6-9-14-11/h3,11-12H,1,4-10H2,2H3. The minimum atomic E-state index is 0.405. The van der Waals surface area contributed by atoms with E-state index in [0.29, 0.717) is 6.10 Å². The van der Waals surface area contributed by atoms with Crippen molar-refractivity contribution >= 4 is 0 Å². The van der Waals surface area contributed by atoms with Gasteiger partial charge in [0.25, 0.3) is 0 Å². The Hall–Kier alpha value is -0.380. The first-order chi connectivity index (χ1) is 6.86. The van der Waals surface area contributed by atoms with E-state index in [1.165, 1.54) is 0 Å². The molecule has 0 aromatic rings. The van der Waals surface area contributed by atoms with Gasteiger partial charge in [-0.05, 0) is 13.0 Å². The topological polar surface area (TPSA) is 24.5 Å². The van der Waals surface area contributed by atoms with E-state index in [1.807, 2.05) is 6.08 Å². The number of likely N-dealkylation sites (N-methyl/N-ethyl adjacent to an activating group) is 1. The highest BCUT2D eigenvalue weighted by Gasteiger charge is 2.13. The van der Waals surface area contributed by atoms with Gasteiger partial charge in [-0.15, -0.1) is 6.58 Å². The van der Waals surface area contributed by atoms with Crippen molar-refractivity contribution in [1.82, 2.24) is 10.2 Å². The lowest BCUT2D eigenvalue weighted by molar-refractivity contribution is 0.0183. The predicted molar refractivity (Wildman–Crippen MR) is 59.5 cm³/mol. The highest BCUT2D eigenvalue weighted by molar-refractivity contribution is 4.75. The number of rotatable bonds is 6. The van der Waals surface area contributed by atoms with Crippen LogP contribution in [0, 0.1) is 0 Å². The first-order valence-corrected chi connectivity index (χ1v) is 5.52. The molecule has 1 fully saturated rings. The molecule has 0 aromatic carbocycles. The molecule has 14 heavy (non-hydrogen) atoms. The van der Waals surface area contributed by atoms with E-state index in [-0.39, 0.29) is 0 Å². The lowest BCUT2D eigenvalue weighted by atomic mass is 10.2. The fourth-order valence-electron chi connectivity index (χ4n) is 1.69. The number of hydrogen-bond acceptors (Lipinski definition) is 3. The number of nitrogens with zero attached hydrogens (tertiary/aromatic N) is 1. The SMILES string of the molecule is C=CCN(CC)CCC1CNCCO1. The van der Waals surface area contributed by atoms with Crippen molar-refractivity contribution in [3.63, 3.8) is 0 Å². The predicted octanol–water partition coefficient (Wildman–Crippen LogP) is 0.873. The molecule has 0 saturated carbocycles. The Morgan fingerprint density at radius 2 is 2.50 bits per heavy atom. The first-order valence-electron chi connectivity index (χ1n) is 5.52. The van der Waals surface area contributed by atoms with Gasteiger partial charge in [0.05, 0.1) is 12.7 Å². The maximum atomic E-state index is 5.64. The summed E-state index contributed by atoms with van der Waals surface area (Å²) in [6.07, 6.45) is 3.49. The normalized spacial score (nSPS) is 22.6. The number of hydrogen-bond donors (Lipinski definition) is 1. The maximum Gasteiger partial charge on any atom is 0.0712 e. The molecule has 1 atom stereocenters. The van der Waals surface area contributed by atoms with Crippen molar-refractivity contribution in [1.29, 1.82) is 0 Å². The summed E-state index contributed by atoms with van der Waals surface area (Å²) in [5.74, 6) is 0. The zero-order valence-electron chi connectivity index (χ0n) is 9.17. The molecule has 3 heteroatoms. The average molecular weight is 198 g/mol. The van der Waals surface area contributed by atoms with Crippen molar-refractivity contribution in [2.45, 2.75) is 19.4 Å². The summed E-state index contributed by atoms with van der Waals surface area (Å²) in [6.45, 7) is 12.0. The van der Waals surface area contributed by atoms with Crippen molar-refractivity contribution in [2.75, 3.05) is 39.3 Å². The molecule has 1 unspecified atom stereocenters. The van der Waals surface area contributed by atoms with Crippen LogP contribution in [-0.4, -0.2) is 50.3 Å². The molecule has 0 bridgehead atoms. The summed E-state index contributed by atoms with van der Waals surface area (Å²) in [5, 5.41) is 3.34. The van der Waals surface area contributed by atoms with Gasteiger partial charge in [0, 0.05) is 26.2 Å². The monoisotopic (exact) mass is 198 g/mol. The molecule has 1 N–H and O–H groups in total. The van der Waals surface area contributed by atoms with Gasteiger partial charge in [-0.2, -0.15) is 0 Å². The van der Waals surface area contributed by atoms with Gasteiger partial charge >= 0.3 is 0 Å². The Kier molecular flexibility index (Phi) is 5.83. The van der Waals surface area contributed by atoms with E-state index in [0.717, 1.165) is 45.8 Å². The smallest absolute Gasteiger partial charge is 0.0712 e. The van der Waals surface area contributed by atoms with Crippen LogP contribution in [0.15, 0.2) is 12.7 Å². The molecule has 1 heterocycles. The second-order valence-corrected chi connectivity index (χ2v) is 3.67. The lowest BCUT2D eigenvalue weighted by Gasteiger charge is -2.26. The third kappa shape index (κ3) is 4.22. The molecule has 3 nitrogen and oxygen atoms in total. The molecule has 1 aliphatic rings. The van der Waals surface area contributed by atoms with Crippen molar-refractivity contribution < 1.29 is 4.74 Å². The zero-order valence-corrected chi connectivity index (χ0v) is 9.17. The average Bonchev–Trinajstić information content (AvgIpc) is 2.25. The quantitative estimate of drug-likeness (QED) is 0.641. The van der Waals surface area contributed by atoms with Crippen molar-refractivity contribution in [2.24, 2.45) is 0 Å². The fraction of sp³-hybridized carbons (Fsp3) is 0.818. The van der Waals surface area contributed by atoms with Crippen LogP contribution in [0.4, 0.5) is 0 Å². The van der Waals surface area contributed by atoms with Crippen LogP contribution in [0.2, 0.25) is 0 Å². The Bertz CT molecular complexity index is 155. The molecule has 0 aliphatic carbocycles. The van der Waals surface area contributed by atoms with Crippen LogP contribution in [0.25, 0.3) is 0 Å². The largest absolute Gasteiger partial charge is 0.376 e. The van der Waals surface area contributed by atoms with Gasteiger partial charge in [-0.3, -0.25) is 4.90 Å². The van der Waals surface area contributed by atoms with Gasteiger partial charge in [-0.1, -0.05) is 13.0 Å². The summed E-state index contributed by atoms with van der Waals surface area (Å²) in [4.78, 5) is 2.38. The molecule has 0 radical (unpaired) electrons. The fourth-order valence-corrected chi connectivity index (χ4v) is 1.69. The van der Waals surface area contributed by atoms with E-state index in [1.54, 1.807) is 0 Å². The van der Waals surface area contributed by atoms with Crippen LogP contribution in [0.1, 0.15) is 13.3 Å². The third-order valence-corrected chi connectivity index (χ3v) is 2.61. The van der Waals surface area contributed by atoms with E-state index in [9.17, 15) is 0 Å². The van der Waals surface area contributed by atoms with Gasteiger partial charge in [0.1, 0.15) is 0 Å². The Morgan fingerprint density at radius 1 is 1.64 bits per heavy atom. The summed E-state index contributed by atoms with van der Waals surface area (Å²) in [5.41, 5.74) is 0. The second-order valence-electron chi connectivity index (χ2n) is 3.67. The van der Waals surface area contributed by atoms with Crippen molar-refractivity contribution in [3.8, 4) is 0 Å². The number of ether oxygens (including phenoxy) is 1. The van der Waals surface area contributed by atoms with Crippen LogP contribution in [-0.2, 0) is 4.74 Å². The molecular formula is C11H22N2O. The molecule has 0 amide bonds. The van der Waals surface area contributed by atoms with Gasteiger partial charge in [-0.25, -0.2) is 0 Å². The van der Waals surface area contributed by atoms with Crippen LogP contribution >= 0.6 is 0 Å². The summed E-state index contributed by atoms with van der Waals surface area (Å²) in [6, 6.07) is 0. The second kappa shape index (κ2) is 6.98. The lowest BCUT2D eigenvalue weighted by Crippen LogP contribution is -2.40. The molecular weight excluding hydrogens is 176 g/mol. The Morgan fingerprint density at radius 3 is 3.07 bits per heavy atom. The van der Waals surface area contributed by atoms with Gasteiger partial charge in [0.2, 0.25) is 0 Å². The first kappa shape index (κ1) is 11.7. The van der Waals surface area contributed by atoms with Gasteiger partial charge < -0.3 is 10.1 Å². The molecule has 0 spiro atoms.